The standard InChI is InChI=1S/C18H10FN5S/c19-13-8-5-12(6-9-13)16-21-22-18-24(16)23-17(25-18)15-10-7-11-3-1-2-4-14(11)20-15/h1-10H. The van der Waals surface area contributed by atoms with Crippen LogP contribution in [0.2, 0.25) is 0 Å². The van der Waals surface area contributed by atoms with Crippen LogP contribution in [0.15, 0.2) is 60.7 Å². The van der Waals surface area contributed by atoms with Crippen LogP contribution in [-0.4, -0.2) is 24.8 Å². The molecule has 0 unspecified atom stereocenters. The van der Waals surface area contributed by atoms with Gasteiger partial charge in [-0.05, 0) is 36.4 Å². The lowest BCUT2D eigenvalue weighted by atomic mass is 10.2. The maximum Gasteiger partial charge on any atom is 0.235 e. The molecule has 5 aromatic rings. The zero-order chi connectivity index (χ0) is 16.8. The summed E-state index contributed by atoms with van der Waals surface area (Å²) >= 11 is 1.42. The minimum Gasteiger partial charge on any atom is -0.245 e. The first-order chi connectivity index (χ1) is 12.3. The Balaban J connectivity index is 1.63. The Morgan fingerprint density at radius 2 is 1.72 bits per heavy atom. The molecule has 25 heavy (non-hydrogen) atoms. The fourth-order valence-electron chi connectivity index (χ4n) is 2.68. The van der Waals surface area contributed by atoms with Crippen molar-refractivity contribution in [1.82, 2.24) is 24.8 Å². The third-order valence-electron chi connectivity index (χ3n) is 3.91. The number of pyridine rings is 1. The third-order valence-corrected chi connectivity index (χ3v) is 4.83. The molecule has 0 bridgehead atoms. The second-order valence-electron chi connectivity index (χ2n) is 5.52. The molecule has 0 radical (unpaired) electrons. The number of fused-ring (bicyclic) bond motifs is 2. The zero-order valence-electron chi connectivity index (χ0n) is 12.8. The van der Waals surface area contributed by atoms with Gasteiger partial charge in [-0.25, -0.2) is 9.37 Å². The molecule has 120 valence electrons. The Bertz CT molecular complexity index is 1210. The summed E-state index contributed by atoms with van der Waals surface area (Å²) in [5, 5.41) is 14.8. The van der Waals surface area contributed by atoms with Gasteiger partial charge in [-0.3, -0.25) is 0 Å². The van der Waals surface area contributed by atoms with Crippen LogP contribution < -0.4 is 0 Å². The molecule has 5 nitrogen and oxygen atoms in total. The van der Waals surface area contributed by atoms with E-state index in [0.29, 0.717) is 10.8 Å². The van der Waals surface area contributed by atoms with Crippen LogP contribution in [-0.2, 0) is 0 Å². The quantitative estimate of drug-likeness (QED) is 0.480. The van der Waals surface area contributed by atoms with Crippen LogP contribution in [0.25, 0.3) is 38.0 Å². The topological polar surface area (TPSA) is 56.0 Å². The van der Waals surface area contributed by atoms with E-state index in [1.54, 1.807) is 16.6 Å². The van der Waals surface area contributed by atoms with Crippen LogP contribution in [0.3, 0.4) is 0 Å². The summed E-state index contributed by atoms with van der Waals surface area (Å²) in [7, 11) is 0. The smallest absolute Gasteiger partial charge is 0.235 e. The molecule has 0 saturated carbocycles. The van der Waals surface area contributed by atoms with Gasteiger partial charge in [0.25, 0.3) is 0 Å². The van der Waals surface area contributed by atoms with Crippen molar-refractivity contribution >= 4 is 27.2 Å². The van der Waals surface area contributed by atoms with E-state index in [2.05, 4.69) is 20.3 Å². The first-order valence-electron chi connectivity index (χ1n) is 7.62. The molecule has 0 aliphatic heterocycles. The molecule has 7 heteroatoms. The third kappa shape index (κ3) is 2.36. The van der Waals surface area contributed by atoms with Crippen LogP contribution in [0.4, 0.5) is 4.39 Å². The fourth-order valence-corrected chi connectivity index (χ4v) is 3.49. The minimum atomic E-state index is -0.288. The summed E-state index contributed by atoms with van der Waals surface area (Å²) in [5.74, 6) is 0.294. The van der Waals surface area contributed by atoms with Crippen molar-refractivity contribution in [2.75, 3.05) is 0 Å². The first-order valence-corrected chi connectivity index (χ1v) is 8.44. The molecule has 0 saturated heterocycles. The van der Waals surface area contributed by atoms with E-state index in [1.165, 1.54) is 23.5 Å². The predicted molar refractivity (Wildman–Crippen MR) is 94.8 cm³/mol. The second-order valence-corrected chi connectivity index (χ2v) is 6.48. The number of hydrogen-bond acceptors (Lipinski definition) is 5. The summed E-state index contributed by atoms with van der Waals surface area (Å²) in [5.41, 5.74) is 2.47. The van der Waals surface area contributed by atoms with Gasteiger partial charge >= 0.3 is 0 Å². The van der Waals surface area contributed by atoms with Crippen molar-refractivity contribution in [3.8, 4) is 22.1 Å². The molecule has 0 aliphatic carbocycles. The van der Waals surface area contributed by atoms with Gasteiger partial charge in [-0.1, -0.05) is 35.6 Å². The predicted octanol–water partition coefficient (Wildman–Crippen LogP) is 4.21. The van der Waals surface area contributed by atoms with Gasteiger partial charge in [-0.2, -0.15) is 9.61 Å². The van der Waals surface area contributed by atoms with E-state index >= 15 is 0 Å². The Kier molecular flexibility index (Phi) is 3.07. The molecule has 3 aromatic heterocycles. The van der Waals surface area contributed by atoms with Crippen molar-refractivity contribution in [3.63, 3.8) is 0 Å². The van der Waals surface area contributed by atoms with Crippen LogP contribution in [0, 0.1) is 5.82 Å². The summed E-state index contributed by atoms with van der Waals surface area (Å²) in [6.07, 6.45) is 0. The number of nitrogens with zero attached hydrogens (tertiary/aromatic N) is 5. The van der Waals surface area contributed by atoms with Gasteiger partial charge in [0.2, 0.25) is 4.96 Å². The molecule has 5 rings (SSSR count). The van der Waals surface area contributed by atoms with Gasteiger partial charge in [-0.15, -0.1) is 10.2 Å². The highest BCUT2D eigenvalue weighted by Gasteiger charge is 2.15. The van der Waals surface area contributed by atoms with E-state index in [4.69, 9.17) is 0 Å². The molecular weight excluding hydrogens is 337 g/mol. The van der Waals surface area contributed by atoms with Crippen molar-refractivity contribution in [2.45, 2.75) is 0 Å². The molecule has 2 aromatic carbocycles. The maximum atomic E-state index is 13.1. The molecule has 0 spiro atoms. The van der Waals surface area contributed by atoms with Gasteiger partial charge < -0.3 is 0 Å². The van der Waals surface area contributed by atoms with E-state index in [1.807, 2.05) is 36.4 Å². The first kappa shape index (κ1) is 14.2. The molecule has 0 amide bonds. The number of rotatable bonds is 2. The van der Waals surface area contributed by atoms with Crippen molar-refractivity contribution in [2.24, 2.45) is 0 Å². The number of aromatic nitrogens is 5. The lowest BCUT2D eigenvalue weighted by molar-refractivity contribution is 0.628. The Labute approximate surface area is 145 Å². The fraction of sp³-hybridized carbons (Fsp3) is 0. The molecule has 0 N–H and O–H groups in total. The number of para-hydroxylation sites is 1. The normalized spacial score (nSPS) is 11.4. The molecule has 3 heterocycles. The van der Waals surface area contributed by atoms with Crippen molar-refractivity contribution < 1.29 is 4.39 Å². The Morgan fingerprint density at radius 1 is 0.880 bits per heavy atom. The van der Waals surface area contributed by atoms with Crippen LogP contribution >= 0.6 is 11.3 Å². The molecular formula is C18H10FN5S. The number of hydrogen-bond donors (Lipinski definition) is 0. The van der Waals surface area contributed by atoms with Crippen molar-refractivity contribution in [1.29, 1.82) is 0 Å². The Hall–Kier alpha value is -3.19. The molecule has 0 fully saturated rings. The SMILES string of the molecule is Fc1ccc(-c2nnc3sc(-c4ccc5ccccc5n4)nn23)cc1. The highest BCUT2D eigenvalue weighted by Crippen LogP contribution is 2.28. The van der Waals surface area contributed by atoms with Gasteiger partial charge in [0.1, 0.15) is 11.5 Å². The van der Waals surface area contributed by atoms with Gasteiger partial charge in [0.15, 0.2) is 10.8 Å². The average molecular weight is 347 g/mol. The minimum absolute atomic E-state index is 0.288. The average Bonchev–Trinajstić information content (AvgIpc) is 3.23. The highest BCUT2D eigenvalue weighted by atomic mass is 32.1. The molecule has 0 aliphatic rings. The zero-order valence-corrected chi connectivity index (χ0v) is 13.6. The second kappa shape index (κ2) is 5.42. The monoisotopic (exact) mass is 347 g/mol. The highest BCUT2D eigenvalue weighted by molar-refractivity contribution is 7.19. The number of benzene rings is 2. The van der Waals surface area contributed by atoms with E-state index in [0.717, 1.165) is 27.2 Å². The summed E-state index contributed by atoms with van der Waals surface area (Å²) < 4.78 is 14.8. The van der Waals surface area contributed by atoms with Crippen LogP contribution in [0.1, 0.15) is 0 Å². The Morgan fingerprint density at radius 3 is 2.60 bits per heavy atom. The lowest BCUT2D eigenvalue weighted by Crippen LogP contribution is -1.92. The van der Waals surface area contributed by atoms with Gasteiger partial charge in [0, 0.05) is 10.9 Å². The maximum absolute atomic E-state index is 13.1. The largest absolute Gasteiger partial charge is 0.245 e. The van der Waals surface area contributed by atoms with E-state index in [-0.39, 0.29) is 5.82 Å². The van der Waals surface area contributed by atoms with E-state index in [9.17, 15) is 4.39 Å². The van der Waals surface area contributed by atoms with Crippen molar-refractivity contribution in [3.05, 3.63) is 66.5 Å². The number of halogens is 1. The van der Waals surface area contributed by atoms with E-state index < -0.39 is 0 Å². The lowest BCUT2D eigenvalue weighted by Gasteiger charge is -1.99. The van der Waals surface area contributed by atoms with Gasteiger partial charge in [0.05, 0.1) is 5.52 Å². The summed E-state index contributed by atoms with van der Waals surface area (Å²) in [6, 6.07) is 18.1. The summed E-state index contributed by atoms with van der Waals surface area (Å²) in [4.78, 5) is 5.34. The van der Waals surface area contributed by atoms with Crippen LogP contribution in [0.5, 0.6) is 0 Å². The summed E-state index contributed by atoms with van der Waals surface area (Å²) in [6.45, 7) is 0. The molecule has 0 atom stereocenters.